The van der Waals surface area contributed by atoms with Gasteiger partial charge in [-0.05, 0) is 37.8 Å². The molecule has 1 N–H and O–H groups in total. The van der Waals surface area contributed by atoms with Crippen molar-refractivity contribution in [3.63, 3.8) is 0 Å². The second-order valence-electron chi connectivity index (χ2n) is 7.38. The quantitative estimate of drug-likeness (QED) is 0.900. The Labute approximate surface area is 158 Å². The number of piperidine rings is 2. The van der Waals surface area contributed by atoms with Crippen LogP contribution in [0.3, 0.4) is 0 Å². The van der Waals surface area contributed by atoms with Gasteiger partial charge in [0, 0.05) is 56.6 Å². The minimum absolute atomic E-state index is 0.00753. The van der Waals surface area contributed by atoms with E-state index in [9.17, 15) is 9.59 Å². The fraction of sp³-hybridized carbons (Fsp3) is 0.500. The molecule has 0 saturated carbocycles. The third-order valence-electron chi connectivity index (χ3n) is 5.65. The number of nitrogens with zero attached hydrogens (tertiary/aromatic N) is 4. The number of carbonyl (C=O) groups is 2. The molecule has 2 aromatic heterocycles. The van der Waals surface area contributed by atoms with Crippen LogP contribution < -0.4 is 0 Å². The van der Waals surface area contributed by atoms with Crippen LogP contribution in [0.4, 0.5) is 0 Å². The number of nitrogens with one attached hydrogen (secondary N) is 1. The fourth-order valence-electron chi connectivity index (χ4n) is 4.14. The third-order valence-corrected chi connectivity index (χ3v) is 5.65. The van der Waals surface area contributed by atoms with E-state index in [1.54, 1.807) is 24.5 Å². The highest BCUT2D eigenvalue weighted by Crippen LogP contribution is 2.28. The van der Waals surface area contributed by atoms with Gasteiger partial charge < -0.3 is 14.8 Å². The van der Waals surface area contributed by atoms with Gasteiger partial charge in [0.25, 0.3) is 5.91 Å². The van der Waals surface area contributed by atoms with E-state index in [0.717, 1.165) is 44.6 Å². The van der Waals surface area contributed by atoms with Crippen LogP contribution in [0.5, 0.6) is 0 Å². The van der Waals surface area contributed by atoms with Gasteiger partial charge in [-0.1, -0.05) is 6.07 Å². The molecule has 0 unspecified atom stereocenters. The smallest absolute Gasteiger partial charge is 0.272 e. The van der Waals surface area contributed by atoms with Gasteiger partial charge in [-0.25, -0.2) is 4.98 Å². The third kappa shape index (κ3) is 3.86. The van der Waals surface area contributed by atoms with Crippen molar-refractivity contribution in [3.05, 3.63) is 48.3 Å². The first kappa shape index (κ1) is 17.7. The summed E-state index contributed by atoms with van der Waals surface area (Å²) < 4.78 is 0. The molecule has 4 heterocycles. The Kier molecular flexibility index (Phi) is 5.18. The van der Waals surface area contributed by atoms with Gasteiger partial charge in [-0.3, -0.25) is 14.6 Å². The van der Waals surface area contributed by atoms with Crippen LogP contribution in [0.2, 0.25) is 0 Å². The standard InChI is InChI=1S/C20H25N5O2/c26-19(25-11-3-4-16(14-25)18-22-9-10-23-18)15-6-12-24(13-7-15)20(27)17-5-1-2-8-21-17/h1-2,5,8-10,15-16H,3-4,6-7,11-14H2,(H,22,23)/t16-/m0/s1. The van der Waals surface area contributed by atoms with E-state index in [4.69, 9.17) is 0 Å². The van der Waals surface area contributed by atoms with Crippen molar-refractivity contribution in [2.75, 3.05) is 26.2 Å². The summed E-state index contributed by atoms with van der Waals surface area (Å²) in [7, 11) is 0. The van der Waals surface area contributed by atoms with Gasteiger partial charge in [-0.15, -0.1) is 0 Å². The number of hydrogen-bond donors (Lipinski definition) is 1. The molecule has 7 nitrogen and oxygen atoms in total. The van der Waals surface area contributed by atoms with E-state index >= 15 is 0 Å². The molecular weight excluding hydrogens is 342 g/mol. The van der Waals surface area contributed by atoms with Crippen LogP contribution in [-0.2, 0) is 4.79 Å². The number of carbonyl (C=O) groups excluding carboxylic acids is 2. The highest BCUT2D eigenvalue weighted by atomic mass is 16.2. The van der Waals surface area contributed by atoms with Crippen LogP contribution >= 0.6 is 0 Å². The molecule has 4 rings (SSSR count). The fourth-order valence-corrected chi connectivity index (χ4v) is 4.14. The van der Waals surface area contributed by atoms with Gasteiger partial charge in [0.2, 0.25) is 5.91 Å². The average molecular weight is 367 g/mol. The zero-order chi connectivity index (χ0) is 18.6. The molecule has 2 fully saturated rings. The summed E-state index contributed by atoms with van der Waals surface area (Å²) in [5, 5.41) is 0. The van der Waals surface area contributed by atoms with Crippen LogP contribution in [0.15, 0.2) is 36.8 Å². The number of aromatic amines is 1. The average Bonchev–Trinajstić information content (AvgIpc) is 3.29. The first-order chi connectivity index (χ1) is 13.2. The molecule has 142 valence electrons. The van der Waals surface area contributed by atoms with E-state index < -0.39 is 0 Å². The van der Waals surface area contributed by atoms with Gasteiger partial charge in [0.05, 0.1) is 0 Å². The lowest BCUT2D eigenvalue weighted by atomic mass is 9.92. The van der Waals surface area contributed by atoms with E-state index in [2.05, 4.69) is 15.0 Å². The van der Waals surface area contributed by atoms with Crippen molar-refractivity contribution in [2.45, 2.75) is 31.6 Å². The van der Waals surface area contributed by atoms with Gasteiger partial charge in [0.15, 0.2) is 0 Å². The maximum absolute atomic E-state index is 13.0. The number of hydrogen-bond acceptors (Lipinski definition) is 4. The summed E-state index contributed by atoms with van der Waals surface area (Å²) in [4.78, 5) is 41.0. The molecule has 2 saturated heterocycles. The van der Waals surface area contributed by atoms with Crippen molar-refractivity contribution in [3.8, 4) is 0 Å². The summed E-state index contributed by atoms with van der Waals surface area (Å²) in [6.45, 7) is 2.78. The number of H-pyrrole nitrogens is 1. The second-order valence-corrected chi connectivity index (χ2v) is 7.38. The second kappa shape index (κ2) is 7.90. The van der Waals surface area contributed by atoms with Crippen molar-refractivity contribution in [1.29, 1.82) is 0 Å². The molecule has 2 aliphatic heterocycles. The topological polar surface area (TPSA) is 82.2 Å². The molecule has 0 aromatic carbocycles. The van der Waals surface area contributed by atoms with Crippen LogP contribution in [-0.4, -0.2) is 62.7 Å². The molecular formula is C20H25N5O2. The SMILES string of the molecule is O=C(c1ccccn1)N1CCC(C(=O)N2CCC[C@H](c3ncc[nH]3)C2)CC1. The minimum atomic E-state index is -0.0441. The lowest BCUT2D eigenvalue weighted by Gasteiger charge is -2.37. The largest absolute Gasteiger partial charge is 0.348 e. The zero-order valence-corrected chi connectivity index (χ0v) is 15.4. The van der Waals surface area contributed by atoms with Crippen molar-refractivity contribution >= 4 is 11.8 Å². The zero-order valence-electron chi connectivity index (χ0n) is 15.4. The molecule has 7 heteroatoms. The molecule has 0 bridgehead atoms. The molecule has 2 amide bonds. The monoisotopic (exact) mass is 367 g/mol. The Morgan fingerprint density at radius 3 is 2.56 bits per heavy atom. The van der Waals surface area contributed by atoms with Crippen LogP contribution in [0.1, 0.15) is 47.9 Å². The molecule has 1 atom stereocenters. The van der Waals surface area contributed by atoms with Crippen molar-refractivity contribution in [1.82, 2.24) is 24.8 Å². The molecule has 0 radical (unpaired) electrons. The summed E-state index contributed by atoms with van der Waals surface area (Å²) in [6, 6.07) is 5.36. The van der Waals surface area contributed by atoms with E-state index in [1.807, 2.05) is 22.1 Å². The van der Waals surface area contributed by atoms with E-state index in [0.29, 0.717) is 24.7 Å². The van der Waals surface area contributed by atoms with Crippen LogP contribution in [0, 0.1) is 5.92 Å². The number of amides is 2. The normalized spacial score (nSPS) is 21.3. The Morgan fingerprint density at radius 2 is 1.85 bits per heavy atom. The number of aromatic nitrogens is 3. The highest BCUT2D eigenvalue weighted by molar-refractivity contribution is 5.92. The number of pyridine rings is 1. The summed E-state index contributed by atoms with van der Waals surface area (Å²) >= 11 is 0. The lowest BCUT2D eigenvalue weighted by Crippen LogP contribution is -2.47. The van der Waals surface area contributed by atoms with Gasteiger partial charge in [-0.2, -0.15) is 0 Å². The Bertz CT molecular complexity index is 769. The Balaban J connectivity index is 1.32. The summed E-state index contributed by atoms with van der Waals surface area (Å²) in [6.07, 6.45) is 8.76. The van der Waals surface area contributed by atoms with Crippen LogP contribution in [0.25, 0.3) is 0 Å². The van der Waals surface area contributed by atoms with Gasteiger partial charge in [0.1, 0.15) is 11.5 Å². The highest BCUT2D eigenvalue weighted by Gasteiger charge is 2.33. The predicted molar refractivity (Wildman–Crippen MR) is 100 cm³/mol. The lowest BCUT2D eigenvalue weighted by molar-refractivity contribution is -0.138. The maximum Gasteiger partial charge on any atom is 0.272 e. The van der Waals surface area contributed by atoms with Crippen molar-refractivity contribution in [2.24, 2.45) is 5.92 Å². The molecule has 0 spiro atoms. The predicted octanol–water partition coefficient (Wildman–Crippen LogP) is 2.06. The minimum Gasteiger partial charge on any atom is -0.348 e. The van der Waals surface area contributed by atoms with E-state index in [1.165, 1.54) is 0 Å². The summed E-state index contributed by atoms with van der Waals surface area (Å²) in [5.74, 6) is 1.47. The summed E-state index contributed by atoms with van der Waals surface area (Å²) in [5.41, 5.74) is 0.472. The molecule has 2 aromatic rings. The molecule has 2 aliphatic rings. The Morgan fingerprint density at radius 1 is 1.00 bits per heavy atom. The van der Waals surface area contributed by atoms with Crippen molar-refractivity contribution < 1.29 is 9.59 Å². The Hall–Kier alpha value is -2.70. The van der Waals surface area contributed by atoms with E-state index in [-0.39, 0.29) is 17.7 Å². The van der Waals surface area contributed by atoms with Gasteiger partial charge >= 0.3 is 0 Å². The first-order valence-electron chi connectivity index (χ1n) is 9.71. The maximum atomic E-state index is 13.0. The molecule has 0 aliphatic carbocycles. The first-order valence-corrected chi connectivity index (χ1v) is 9.71. The number of imidazole rings is 1. The number of rotatable bonds is 3. The molecule has 27 heavy (non-hydrogen) atoms. The number of likely N-dealkylation sites (tertiary alicyclic amines) is 2.